The number of hydrogen-bond donors (Lipinski definition) is 0. The third-order valence-electron chi connectivity index (χ3n) is 6.64. The molecule has 0 aromatic carbocycles. The van der Waals surface area contributed by atoms with E-state index in [0.717, 1.165) is 19.3 Å². The topological polar surface area (TPSA) is 17.8 Å². The van der Waals surface area contributed by atoms with Crippen molar-refractivity contribution in [1.82, 2.24) is 9.55 Å². The van der Waals surface area contributed by atoms with Crippen LogP contribution >= 0.6 is 0 Å². The average molecular weight is 371 g/mol. The molecule has 0 aliphatic heterocycles. The molecule has 0 spiro atoms. The fourth-order valence-electron chi connectivity index (χ4n) is 5.25. The molecule has 2 unspecified atom stereocenters. The Morgan fingerprint density at radius 2 is 2.04 bits per heavy atom. The zero-order valence-corrected chi connectivity index (χ0v) is 16.9. The Labute approximate surface area is 168 Å². The SMILES string of the molecule is Cc1nc2c(n1C1C=CCCC1)C=C(C1=CC=CCC1)C(C1=CCCC=C1)C2. The molecule has 4 aliphatic carbocycles. The summed E-state index contributed by atoms with van der Waals surface area (Å²) in [5.74, 6) is 1.62. The molecule has 1 heterocycles. The van der Waals surface area contributed by atoms with Gasteiger partial charge in [0, 0.05) is 12.3 Å². The predicted molar refractivity (Wildman–Crippen MR) is 117 cm³/mol. The van der Waals surface area contributed by atoms with E-state index in [1.807, 2.05) is 0 Å². The molecule has 0 saturated heterocycles. The Morgan fingerprint density at radius 1 is 1.07 bits per heavy atom. The van der Waals surface area contributed by atoms with Crippen LogP contribution in [-0.4, -0.2) is 9.55 Å². The Kier molecular flexibility index (Phi) is 4.80. The molecule has 0 radical (unpaired) electrons. The van der Waals surface area contributed by atoms with Gasteiger partial charge in [0.05, 0.1) is 17.4 Å². The molecule has 0 amide bonds. The summed E-state index contributed by atoms with van der Waals surface area (Å²) in [6, 6.07) is 0.466. The van der Waals surface area contributed by atoms with Crippen LogP contribution in [0.15, 0.2) is 65.3 Å². The molecular weight excluding hydrogens is 340 g/mol. The van der Waals surface area contributed by atoms with Crippen molar-refractivity contribution in [1.29, 1.82) is 0 Å². The first kappa shape index (κ1) is 17.7. The van der Waals surface area contributed by atoms with Crippen molar-refractivity contribution in [2.75, 3.05) is 0 Å². The van der Waals surface area contributed by atoms with Crippen molar-refractivity contribution >= 4 is 6.08 Å². The molecule has 144 valence electrons. The molecule has 4 aliphatic rings. The highest BCUT2D eigenvalue weighted by Crippen LogP contribution is 2.41. The lowest BCUT2D eigenvalue weighted by molar-refractivity contribution is 0.503. The molecule has 0 bridgehead atoms. The second-order valence-corrected chi connectivity index (χ2v) is 8.49. The van der Waals surface area contributed by atoms with Crippen molar-refractivity contribution in [3.8, 4) is 0 Å². The van der Waals surface area contributed by atoms with Crippen LogP contribution < -0.4 is 0 Å². The number of allylic oxidation sites excluding steroid dienone is 11. The van der Waals surface area contributed by atoms with Crippen LogP contribution in [0.4, 0.5) is 0 Å². The van der Waals surface area contributed by atoms with Gasteiger partial charge in [0.1, 0.15) is 5.82 Å². The summed E-state index contributed by atoms with van der Waals surface area (Å²) in [7, 11) is 0. The van der Waals surface area contributed by atoms with Crippen LogP contribution in [0.2, 0.25) is 0 Å². The van der Waals surface area contributed by atoms with Crippen molar-refractivity contribution in [2.45, 2.75) is 64.3 Å². The monoisotopic (exact) mass is 370 g/mol. The minimum atomic E-state index is 0.450. The quantitative estimate of drug-likeness (QED) is 0.549. The molecule has 2 atom stereocenters. The summed E-state index contributed by atoms with van der Waals surface area (Å²) < 4.78 is 2.51. The fraction of sp³-hybridized carbons (Fsp3) is 0.423. The highest BCUT2D eigenvalue weighted by atomic mass is 15.1. The highest BCUT2D eigenvalue weighted by molar-refractivity contribution is 5.65. The number of fused-ring (bicyclic) bond motifs is 1. The Bertz CT molecular complexity index is 945. The summed E-state index contributed by atoms with van der Waals surface area (Å²) in [5.41, 5.74) is 7.18. The number of hydrogen-bond acceptors (Lipinski definition) is 1. The zero-order valence-electron chi connectivity index (χ0n) is 16.9. The van der Waals surface area contributed by atoms with Crippen LogP contribution in [-0.2, 0) is 6.42 Å². The van der Waals surface area contributed by atoms with Gasteiger partial charge in [-0.15, -0.1) is 0 Å². The van der Waals surface area contributed by atoms with Crippen LogP contribution in [0.1, 0.15) is 68.2 Å². The second kappa shape index (κ2) is 7.58. The molecule has 2 heteroatoms. The predicted octanol–water partition coefficient (Wildman–Crippen LogP) is 6.58. The van der Waals surface area contributed by atoms with Crippen molar-refractivity contribution in [2.24, 2.45) is 5.92 Å². The summed E-state index contributed by atoms with van der Waals surface area (Å²) in [5, 5.41) is 0. The zero-order chi connectivity index (χ0) is 18.9. The number of rotatable bonds is 3. The van der Waals surface area contributed by atoms with Crippen LogP contribution in [0.3, 0.4) is 0 Å². The standard InChI is InChI=1S/C26H30N2/c1-19-27-25-17-23(20-11-5-2-6-12-20)24(21-13-7-3-8-14-21)18-26(25)28(19)22-15-9-4-10-16-22/h3,5,7,9,11-13,15,18,22-23H,2,4,6,8,10,14,16-17H2,1H3. The van der Waals surface area contributed by atoms with E-state index >= 15 is 0 Å². The molecule has 28 heavy (non-hydrogen) atoms. The number of nitrogens with zero attached hydrogens (tertiary/aromatic N) is 2. The van der Waals surface area contributed by atoms with Gasteiger partial charge in [-0.25, -0.2) is 4.98 Å². The number of aromatic nitrogens is 2. The van der Waals surface area contributed by atoms with E-state index in [4.69, 9.17) is 4.98 Å². The maximum atomic E-state index is 5.05. The molecule has 5 rings (SSSR count). The molecule has 0 saturated carbocycles. The third kappa shape index (κ3) is 3.19. The normalized spacial score (nSPS) is 26.5. The van der Waals surface area contributed by atoms with Crippen molar-refractivity contribution in [3.63, 3.8) is 0 Å². The van der Waals surface area contributed by atoms with Crippen molar-refractivity contribution < 1.29 is 0 Å². The van der Waals surface area contributed by atoms with Gasteiger partial charge in [-0.3, -0.25) is 0 Å². The minimum absolute atomic E-state index is 0.450. The van der Waals surface area contributed by atoms with Gasteiger partial charge >= 0.3 is 0 Å². The molecule has 0 N–H and O–H groups in total. The Hall–Kier alpha value is -2.35. The summed E-state index contributed by atoms with van der Waals surface area (Å²) >= 11 is 0. The lowest BCUT2D eigenvalue weighted by Crippen LogP contribution is -2.20. The molecule has 1 aromatic heterocycles. The van der Waals surface area contributed by atoms with E-state index in [2.05, 4.69) is 66.2 Å². The number of aryl methyl sites for hydroxylation is 1. The van der Waals surface area contributed by atoms with Gasteiger partial charge in [-0.05, 0) is 74.7 Å². The Morgan fingerprint density at radius 3 is 2.79 bits per heavy atom. The average Bonchev–Trinajstić information content (AvgIpc) is 3.09. The summed E-state index contributed by atoms with van der Waals surface area (Å²) in [4.78, 5) is 5.05. The van der Waals surface area contributed by atoms with E-state index in [9.17, 15) is 0 Å². The van der Waals surface area contributed by atoms with E-state index in [-0.39, 0.29) is 0 Å². The molecular formula is C26H30N2. The van der Waals surface area contributed by atoms with E-state index < -0.39 is 0 Å². The van der Waals surface area contributed by atoms with Crippen LogP contribution in [0.5, 0.6) is 0 Å². The summed E-state index contributed by atoms with van der Waals surface area (Å²) in [6.07, 6.45) is 30.7. The first-order valence-corrected chi connectivity index (χ1v) is 11.0. The van der Waals surface area contributed by atoms with E-state index in [0.29, 0.717) is 12.0 Å². The van der Waals surface area contributed by atoms with Gasteiger partial charge in [-0.2, -0.15) is 0 Å². The molecule has 1 aromatic rings. The molecule has 0 fully saturated rings. The first-order valence-electron chi connectivity index (χ1n) is 11.0. The van der Waals surface area contributed by atoms with Gasteiger partial charge in [0.25, 0.3) is 0 Å². The van der Waals surface area contributed by atoms with Gasteiger partial charge in [0.2, 0.25) is 0 Å². The summed E-state index contributed by atoms with van der Waals surface area (Å²) in [6.45, 7) is 2.19. The van der Waals surface area contributed by atoms with Crippen molar-refractivity contribution in [3.05, 3.63) is 82.5 Å². The minimum Gasteiger partial charge on any atom is -0.321 e. The lowest BCUT2D eigenvalue weighted by Gasteiger charge is -2.30. The largest absolute Gasteiger partial charge is 0.321 e. The first-order chi connectivity index (χ1) is 13.8. The fourth-order valence-corrected chi connectivity index (χ4v) is 5.25. The smallest absolute Gasteiger partial charge is 0.106 e. The number of imidazole rings is 1. The van der Waals surface area contributed by atoms with Gasteiger partial charge < -0.3 is 4.57 Å². The van der Waals surface area contributed by atoms with Gasteiger partial charge in [-0.1, -0.05) is 48.6 Å². The molecule has 2 nitrogen and oxygen atoms in total. The van der Waals surface area contributed by atoms with Crippen LogP contribution in [0, 0.1) is 12.8 Å². The van der Waals surface area contributed by atoms with Gasteiger partial charge in [0.15, 0.2) is 0 Å². The maximum Gasteiger partial charge on any atom is 0.106 e. The van der Waals surface area contributed by atoms with E-state index in [1.54, 1.807) is 0 Å². The lowest BCUT2D eigenvalue weighted by atomic mass is 9.76. The Balaban J connectivity index is 1.62. The maximum absolute atomic E-state index is 5.05. The van der Waals surface area contributed by atoms with Crippen LogP contribution in [0.25, 0.3) is 6.08 Å². The second-order valence-electron chi connectivity index (χ2n) is 8.49. The highest BCUT2D eigenvalue weighted by Gasteiger charge is 2.31. The van der Waals surface area contributed by atoms with E-state index in [1.165, 1.54) is 66.0 Å². The third-order valence-corrected chi connectivity index (χ3v) is 6.64.